The predicted octanol–water partition coefficient (Wildman–Crippen LogP) is 0.111. The van der Waals surface area contributed by atoms with E-state index in [-0.39, 0.29) is 5.13 Å². The van der Waals surface area contributed by atoms with E-state index in [9.17, 15) is 18.3 Å². The Bertz CT molecular complexity index is 494. The van der Waals surface area contributed by atoms with Crippen molar-refractivity contribution in [1.82, 2.24) is 4.98 Å². The average Bonchev–Trinajstić information content (AvgIpc) is 2.64. The largest absolute Gasteiger partial charge is 0.468 e. The molecular formula is C8H12N2O5S2. The molecule has 1 aromatic rings. The van der Waals surface area contributed by atoms with E-state index in [1.54, 1.807) is 0 Å². The van der Waals surface area contributed by atoms with Crippen LogP contribution in [0.3, 0.4) is 0 Å². The molecule has 0 saturated carbocycles. The number of hydrogen-bond donors (Lipinski definition) is 2. The molecule has 0 aliphatic heterocycles. The first-order chi connectivity index (χ1) is 7.84. The summed E-state index contributed by atoms with van der Waals surface area (Å²) in [5, 5.41) is 10.8. The van der Waals surface area contributed by atoms with Crippen LogP contribution in [0.2, 0.25) is 0 Å². The zero-order chi connectivity index (χ0) is 13.1. The highest BCUT2D eigenvalue weighted by Crippen LogP contribution is 2.21. The molecule has 1 rings (SSSR count). The van der Waals surface area contributed by atoms with Crippen LogP contribution in [0.5, 0.6) is 0 Å². The molecule has 1 aromatic heterocycles. The van der Waals surface area contributed by atoms with Gasteiger partial charge in [0.15, 0.2) is 10.9 Å². The summed E-state index contributed by atoms with van der Waals surface area (Å²) in [5.74, 6) is -1.63. The predicted molar refractivity (Wildman–Crippen MR) is 62.2 cm³/mol. The SMILES string of the molecule is COC(=O)CS(=O)(=O)Nc1nc(C(C)O)cs1. The molecule has 7 nitrogen and oxygen atoms in total. The summed E-state index contributed by atoms with van der Waals surface area (Å²) in [5.41, 5.74) is 0.366. The van der Waals surface area contributed by atoms with E-state index in [1.807, 2.05) is 0 Å². The normalized spacial score (nSPS) is 13.1. The third-order valence-corrected chi connectivity index (χ3v) is 3.75. The number of carbonyl (C=O) groups is 1. The van der Waals surface area contributed by atoms with Gasteiger partial charge in [-0.2, -0.15) is 0 Å². The lowest BCUT2D eigenvalue weighted by molar-refractivity contribution is -0.137. The fraction of sp³-hybridized carbons (Fsp3) is 0.500. The van der Waals surface area contributed by atoms with Crippen LogP contribution >= 0.6 is 11.3 Å². The Morgan fingerprint density at radius 1 is 1.71 bits per heavy atom. The molecule has 17 heavy (non-hydrogen) atoms. The number of esters is 1. The van der Waals surface area contributed by atoms with Crippen LogP contribution in [0.1, 0.15) is 18.7 Å². The van der Waals surface area contributed by atoms with Gasteiger partial charge in [0.2, 0.25) is 10.0 Å². The number of aliphatic hydroxyl groups is 1. The molecule has 1 heterocycles. The van der Waals surface area contributed by atoms with Gasteiger partial charge in [-0.25, -0.2) is 13.4 Å². The number of nitrogens with zero attached hydrogens (tertiary/aromatic N) is 1. The minimum absolute atomic E-state index is 0.102. The van der Waals surface area contributed by atoms with Gasteiger partial charge < -0.3 is 9.84 Å². The average molecular weight is 280 g/mol. The topological polar surface area (TPSA) is 106 Å². The van der Waals surface area contributed by atoms with Crippen LogP contribution < -0.4 is 4.72 Å². The Hall–Kier alpha value is -1.19. The molecule has 0 aliphatic carbocycles. The summed E-state index contributed by atoms with van der Waals surface area (Å²) in [7, 11) is -2.71. The summed E-state index contributed by atoms with van der Waals surface area (Å²) >= 11 is 1.03. The second kappa shape index (κ2) is 5.43. The van der Waals surface area contributed by atoms with E-state index in [0.717, 1.165) is 18.4 Å². The quantitative estimate of drug-likeness (QED) is 0.742. The van der Waals surface area contributed by atoms with Crippen LogP contribution in [0.15, 0.2) is 5.38 Å². The number of hydrogen-bond acceptors (Lipinski definition) is 7. The van der Waals surface area contributed by atoms with Gasteiger partial charge in [0.25, 0.3) is 0 Å². The highest BCUT2D eigenvalue weighted by Gasteiger charge is 2.18. The fourth-order valence-corrected chi connectivity index (χ4v) is 2.93. The van der Waals surface area contributed by atoms with Gasteiger partial charge in [-0.05, 0) is 6.92 Å². The van der Waals surface area contributed by atoms with Crippen molar-refractivity contribution in [3.8, 4) is 0 Å². The van der Waals surface area contributed by atoms with Crippen LogP contribution in [0, 0.1) is 0 Å². The molecule has 2 N–H and O–H groups in total. The monoisotopic (exact) mass is 280 g/mol. The van der Waals surface area contributed by atoms with Gasteiger partial charge in [-0.15, -0.1) is 11.3 Å². The van der Waals surface area contributed by atoms with E-state index in [2.05, 4.69) is 14.4 Å². The summed E-state index contributed by atoms with van der Waals surface area (Å²) in [6.45, 7) is 1.52. The molecule has 9 heteroatoms. The molecule has 96 valence electrons. The smallest absolute Gasteiger partial charge is 0.322 e. The highest BCUT2D eigenvalue weighted by molar-refractivity contribution is 7.93. The minimum Gasteiger partial charge on any atom is -0.468 e. The first-order valence-electron chi connectivity index (χ1n) is 4.55. The second-order valence-electron chi connectivity index (χ2n) is 3.19. The number of rotatable bonds is 5. The lowest BCUT2D eigenvalue weighted by Gasteiger charge is -2.03. The molecule has 0 amide bonds. The van der Waals surface area contributed by atoms with Crippen molar-refractivity contribution in [3.63, 3.8) is 0 Å². The van der Waals surface area contributed by atoms with Gasteiger partial charge >= 0.3 is 5.97 Å². The Labute approximate surface area is 102 Å². The number of aromatic nitrogens is 1. The zero-order valence-electron chi connectivity index (χ0n) is 9.21. The third-order valence-electron chi connectivity index (χ3n) is 1.73. The van der Waals surface area contributed by atoms with Crippen molar-refractivity contribution in [1.29, 1.82) is 0 Å². The molecule has 0 fully saturated rings. The molecule has 0 aliphatic rings. The van der Waals surface area contributed by atoms with Crippen molar-refractivity contribution in [2.75, 3.05) is 17.6 Å². The number of anilines is 1. The number of thiazole rings is 1. The van der Waals surface area contributed by atoms with E-state index in [4.69, 9.17) is 0 Å². The number of nitrogens with one attached hydrogen (secondary N) is 1. The number of methoxy groups -OCH3 is 1. The molecule has 1 atom stereocenters. The van der Waals surface area contributed by atoms with E-state index >= 15 is 0 Å². The number of aliphatic hydroxyl groups excluding tert-OH is 1. The Kier molecular flexibility index (Phi) is 4.43. The van der Waals surface area contributed by atoms with Crippen LogP contribution in [0.25, 0.3) is 0 Å². The Balaban J connectivity index is 2.73. The third kappa shape index (κ3) is 4.29. The molecule has 0 saturated heterocycles. The molecule has 0 spiro atoms. The maximum absolute atomic E-state index is 11.4. The van der Waals surface area contributed by atoms with Crippen molar-refractivity contribution in [2.24, 2.45) is 0 Å². The Morgan fingerprint density at radius 2 is 2.35 bits per heavy atom. The maximum Gasteiger partial charge on any atom is 0.322 e. The van der Waals surface area contributed by atoms with Gasteiger partial charge in [0, 0.05) is 5.38 Å². The lowest BCUT2D eigenvalue weighted by Crippen LogP contribution is -2.23. The van der Waals surface area contributed by atoms with Gasteiger partial charge in [-0.3, -0.25) is 9.52 Å². The second-order valence-corrected chi connectivity index (χ2v) is 5.77. The fourth-order valence-electron chi connectivity index (χ4n) is 0.908. The summed E-state index contributed by atoms with van der Waals surface area (Å²) < 4.78 is 29.3. The van der Waals surface area contributed by atoms with Crippen molar-refractivity contribution in [2.45, 2.75) is 13.0 Å². The molecule has 0 aromatic carbocycles. The molecule has 0 radical (unpaired) electrons. The molecule has 1 unspecified atom stereocenters. The summed E-state index contributed by atoms with van der Waals surface area (Å²) in [4.78, 5) is 14.7. The summed E-state index contributed by atoms with van der Waals surface area (Å²) in [6, 6.07) is 0. The van der Waals surface area contributed by atoms with Crippen molar-refractivity contribution in [3.05, 3.63) is 11.1 Å². The van der Waals surface area contributed by atoms with Crippen LogP contribution in [-0.2, 0) is 19.6 Å². The van der Waals surface area contributed by atoms with Gasteiger partial charge in [0.1, 0.15) is 0 Å². The first-order valence-corrected chi connectivity index (χ1v) is 7.08. The maximum atomic E-state index is 11.4. The number of sulfonamides is 1. The van der Waals surface area contributed by atoms with Crippen LogP contribution in [0.4, 0.5) is 5.13 Å². The van der Waals surface area contributed by atoms with E-state index in [0.29, 0.717) is 5.69 Å². The highest BCUT2D eigenvalue weighted by atomic mass is 32.2. The van der Waals surface area contributed by atoms with Crippen molar-refractivity contribution >= 4 is 32.5 Å². The van der Waals surface area contributed by atoms with Gasteiger partial charge in [-0.1, -0.05) is 0 Å². The van der Waals surface area contributed by atoms with E-state index in [1.165, 1.54) is 12.3 Å². The summed E-state index contributed by atoms with van der Waals surface area (Å²) in [6.07, 6.45) is -0.773. The Morgan fingerprint density at radius 3 is 2.82 bits per heavy atom. The molecular weight excluding hydrogens is 268 g/mol. The zero-order valence-corrected chi connectivity index (χ0v) is 10.8. The first kappa shape index (κ1) is 13.9. The lowest BCUT2D eigenvalue weighted by atomic mass is 10.3. The number of ether oxygens (including phenoxy) is 1. The molecule has 0 bridgehead atoms. The number of carbonyl (C=O) groups excluding carboxylic acids is 1. The van der Waals surface area contributed by atoms with Crippen molar-refractivity contribution < 1.29 is 23.1 Å². The van der Waals surface area contributed by atoms with Gasteiger partial charge in [0.05, 0.1) is 18.9 Å². The standard InChI is InChI=1S/C8H12N2O5S2/c1-5(11)6-3-16-8(9-6)10-17(13,14)4-7(12)15-2/h3,5,11H,4H2,1-2H3,(H,9,10). The minimum atomic E-state index is -3.82. The van der Waals surface area contributed by atoms with Crippen LogP contribution in [-0.4, -0.2) is 37.3 Å². The van der Waals surface area contributed by atoms with E-state index < -0.39 is 27.8 Å².